The lowest BCUT2D eigenvalue weighted by Gasteiger charge is -2.10. The van der Waals surface area contributed by atoms with Crippen LogP contribution in [0.25, 0.3) is 0 Å². The van der Waals surface area contributed by atoms with Crippen LogP contribution in [0.4, 0.5) is 26.2 Å². The molecular weight excluding hydrogens is 368 g/mol. The Labute approximate surface area is 160 Å². The monoisotopic (exact) mass is 387 g/mol. The summed E-state index contributed by atoms with van der Waals surface area (Å²) >= 11 is 0. The molecule has 0 saturated heterocycles. The highest BCUT2D eigenvalue weighted by molar-refractivity contribution is 5.56. The zero-order chi connectivity index (χ0) is 19.9. The summed E-state index contributed by atoms with van der Waals surface area (Å²) in [5.41, 5.74) is 1.14. The van der Waals surface area contributed by atoms with Gasteiger partial charge in [0.25, 0.3) is 0 Å². The van der Waals surface area contributed by atoms with Crippen LogP contribution >= 0.6 is 0 Å². The highest BCUT2D eigenvalue weighted by atomic mass is 19.1. The second-order valence-corrected chi connectivity index (χ2v) is 5.78. The molecule has 2 aromatic carbocycles. The maximum absolute atomic E-state index is 13.7. The van der Waals surface area contributed by atoms with Crippen molar-refractivity contribution in [1.29, 1.82) is 0 Å². The van der Waals surface area contributed by atoms with Gasteiger partial charge in [-0.1, -0.05) is 6.07 Å². The Bertz CT molecular complexity index is 955. The molecular formula is C19H19F2N5O2. The third-order valence-electron chi connectivity index (χ3n) is 3.90. The summed E-state index contributed by atoms with van der Waals surface area (Å²) in [7, 11) is 3.17. The van der Waals surface area contributed by atoms with Crippen molar-refractivity contribution in [3.8, 4) is 11.5 Å². The number of ether oxygens (including phenoxy) is 2. The predicted octanol–water partition coefficient (Wildman–Crippen LogP) is 3.57. The minimum Gasteiger partial charge on any atom is -0.493 e. The molecule has 0 amide bonds. The van der Waals surface area contributed by atoms with Crippen LogP contribution in [0.3, 0.4) is 0 Å². The molecule has 0 bridgehead atoms. The van der Waals surface area contributed by atoms with Gasteiger partial charge in [-0.3, -0.25) is 0 Å². The topological polar surface area (TPSA) is 81.2 Å². The van der Waals surface area contributed by atoms with Crippen molar-refractivity contribution >= 4 is 17.5 Å². The van der Waals surface area contributed by atoms with Crippen LogP contribution < -0.4 is 20.1 Å². The molecule has 28 heavy (non-hydrogen) atoms. The number of benzene rings is 2. The van der Waals surface area contributed by atoms with E-state index < -0.39 is 11.6 Å². The Morgan fingerprint density at radius 3 is 2.57 bits per heavy atom. The number of nitrogens with zero attached hydrogens (tertiary/aromatic N) is 3. The summed E-state index contributed by atoms with van der Waals surface area (Å²) in [6.45, 7) is 0.547. The predicted molar refractivity (Wildman–Crippen MR) is 101 cm³/mol. The summed E-state index contributed by atoms with van der Waals surface area (Å²) in [5, 5.41) is 13.5. The van der Waals surface area contributed by atoms with E-state index in [0.717, 1.165) is 17.7 Å². The largest absolute Gasteiger partial charge is 0.493 e. The van der Waals surface area contributed by atoms with Crippen molar-refractivity contribution in [3.05, 3.63) is 59.8 Å². The molecule has 3 rings (SSSR count). The van der Waals surface area contributed by atoms with Gasteiger partial charge < -0.3 is 20.1 Å². The Hall–Kier alpha value is -3.49. The summed E-state index contributed by atoms with van der Waals surface area (Å²) < 4.78 is 37.2. The molecule has 7 nitrogen and oxygen atoms in total. The number of anilines is 3. The molecule has 0 saturated carbocycles. The van der Waals surface area contributed by atoms with E-state index in [4.69, 9.17) is 9.47 Å². The molecule has 3 aromatic rings. The highest BCUT2D eigenvalue weighted by Crippen LogP contribution is 2.27. The maximum atomic E-state index is 13.7. The lowest BCUT2D eigenvalue weighted by molar-refractivity contribution is 0.354. The molecule has 9 heteroatoms. The van der Waals surface area contributed by atoms with Gasteiger partial charge in [0, 0.05) is 12.6 Å². The molecule has 0 spiro atoms. The SMILES string of the molecule is COc1ccc(CCNc2nncc(Nc3ccc(F)cc3F)n2)cc1OC. The quantitative estimate of drug-likeness (QED) is 0.612. The van der Waals surface area contributed by atoms with Gasteiger partial charge in [-0.25, -0.2) is 8.78 Å². The minimum atomic E-state index is -0.721. The highest BCUT2D eigenvalue weighted by Gasteiger charge is 2.07. The van der Waals surface area contributed by atoms with E-state index >= 15 is 0 Å². The Kier molecular flexibility index (Phi) is 6.15. The summed E-state index contributed by atoms with van der Waals surface area (Å²) in [6.07, 6.45) is 2.04. The summed E-state index contributed by atoms with van der Waals surface area (Å²) in [6, 6.07) is 8.92. The standard InChI is InChI=1S/C19H19F2N5O2/c1-27-16-6-3-12(9-17(16)28-2)7-8-22-19-25-18(11-23-26-19)24-15-5-4-13(20)10-14(15)21/h3-6,9-11H,7-8H2,1-2H3,(H2,22,24,25,26). The summed E-state index contributed by atoms with van der Waals surface area (Å²) in [4.78, 5) is 4.22. The fourth-order valence-corrected chi connectivity index (χ4v) is 2.52. The fraction of sp³-hybridized carbons (Fsp3) is 0.211. The third kappa shape index (κ3) is 4.81. The van der Waals surface area contributed by atoms with Gasteiger partial charge in [-0.2, -0.15) is 10.1 Å². The molecule has 1 aromatic heterocycles. The van der Waals surface area contributed by atoms with Gasteiger partial charge in [-0.05, 0) is 36.2 Å². The molecule has 0 radical (unpaired) electrons. The molecule has 0 atom stereocenters. The molecule has 0 aliphatic heterocycles. The number of hydrogen-bond donors (Lipinski definition) is 2. The van der Waals surface area contributed by atoms with Crippen molar-refractivity contribution < 1.29 is 18.3 Å². The van der Waals surface area contributed by atoms with Crippen molar-refractivity contribution in [2.45, 2.75) is 6.42 Å². The molecule has 1 heterocycles. The van der Waals surface area contributed by atoms with E-state index in [1.54, 1.807) is 14.2 Å². The first-order valence-electron chi connectivity index (χ1n) is 8.45. The molecule has 0 fully saturated rings. The van der Waals surface area contributed by atoms with Crippen molar-refractivity contribution in [2.75, 3.05) is 31.4 Å². The van der Waals surface area contributed by atoms with Crippen molar-refractivity contribution in [1.82, 2.24) is 15.2 Å². The molecule has 0 aliphatic carbocycles. The summed E-state index contributed by atoms with van der Waals surface area (Å²) in [5.74, 6) is 0.522. The number of nitrogens with one attached hydrogen (secondary N) is 2. The van der Waals surface area contributed by atoms with Crippen LogP contribution in [-0.4, -0.2) is 35.9 Å². The van der Waals surface area contributed by atoms with Gasteiger partial charge in [0.05, 0.1) is 26.1 Å². The van der Waals surface area contributed by atoms with E-state index in [2.05, 4.69) is 25.8 Å². The average molecular weight is 387 g/mol. The van der Waals surface area contributed by atoms with Crippen LogP contribution in [0.2, 0.25) is 0 Å². The number of halogens is 2. The van der Waals surface area contributed by atoms with Gasteiger partial charge in [-0.15, -0.1) is 5.10 Å². The zero-order valence-electron chi connectivity index (χ0n) is 15.4. The average Bonchev–Trinajstić information content (AvgIpc) is 2.70. The van der Waals surface area contributed by atoms with E-state index in [9.17, 15) is 8.78 Å². The Balaban J connectivity index is 1.60. The first-order chi connectivity index (χ1) is 13.6. The van der Waals surface area contributed by atoms with E-state index in [1.165, 1.54) is 12.3 Å². The second-order valence-electron chi connectivity index (χ2n) is 5.78. The molecule has 0 aliphatic rings. The van der Waals surface area contributed by atoms with Crippen LogP contribution in [0.15, 0.2) is 42.6 Å². The maximum Gasteiger partial charge on any atom is 0.244 e. The van der Waals surface area contributed by atoms with Crippen molar-refractivity contribution in [3.63, 3.8) is 0 Å². The fourth-order valence-electron chi connectivity index (χ4n) is 2.52. The van der Waals surface area contributed by atoms with Crippen LogP contribution in [0.5, 0.6) is 11.5 Å². The van der Waals surface area contributed by atoms with Crippen LogP contribution in [0, 0.1) is 11.6 Å². The number of aromatic nitrogens is 3. The third-order valence-corrected chi connectivity index (χ3v) is 3.90. The van der Waals surface area contributed by atoms with Crippen LogP contribution in [0.1, 0.15) is 5.56 Å². The van der Waals surface area contributed by atoms with Gasteiger partial charge >= 0.3 is 0 Å². The molecule has 0 unspecified atom stereocenters. The Morgan fingerprint density at radius 1 is 1.00 bits per heavy atom. The van der Waals surface area contributed by atoms with Gasteiger partial charge in [0.1, 0.15) is 11.6 Å². The molecule has 2 N–H and O–H groups in total. The van der Waals surface area contributed by atoms with Crippen molar-refractivity contribution in [2.24, 2.45) is 0 Å². The van der Waals surface area contributed by atoms with Crippen LogP contribution in [-0.2, 0) is 6.42 Å². The lowest BCUT2D eigenvalue weighted by atomic mass is 10.1. The number of rotatable bonds is 8. The molecule has 146 valence electrons. The zero-order valence-corrected chi connectivity index (χ0v) is 15.4. The van der Waals surface area contributed by atoms with E-state index in [1.807, 2.05) is 18.2 Å². The Morgan fingerprint density at radius 2 is 1.82 bits per heavy atom. The first-order valence-corrected chi connectivity index (χ1v) is 8.45. The second kappa shape index (κ2) is 8.94. The first kappa shape index (κ1) is 19.3. The van der Waals surface area contributed by atoms with E-state index in [-0.39, 0.29) is 17.5 Å². The minimum absolute atomic E-state index is 0.0955. The van der Waals surface area contributed by atoms with Gasteiger partial charge in [0.15, 0.2) is 17.3 Å². The normalized spacial score (nSPS) is 10.4. The number of hydrogen-bond acceptors (Lipinski definition) is 7. The lowest BCUT2D eigenvalue weighted by Crippen LogP contribution is -2.10. The smallest absolute Gasteiger partial charge is 0.244 e. The number of methoxy groups -OCH3 is 2. The van der Waals surface area contributed by atoms with E-state index in [0.29, 0.717) is 24.5 Å². The van der Waals surface area contributed by atoms with Gasteiger partial charge in [0.2, 0.25) is 5.95 Å².